The van der Waals surface area contributed by atoms with Gasteiger partial charge < -0.3 is 20.4 Å². The number of piperazine rings is 1. The summed E-state index contributed by atoms with van der Waals surface area (Å²) in [6.07, 6.45) is 5.63. The van der Waals surface area contributed by atoms with Crippen molar-refractivity contribution >= 4 is 11.8 Å². The number of nitrogens with one attached hydrogen (secondary N) is 2. The minimum Gasteiger partial charge on any atom is -0.357 e. The number of aromatic nitrogens is 1. The molecule has 27 heavy (non-hydrogen) atoms. The highest BCUT2D eigenvalue weighted by molar-refractivity contribution is 5.79. The van der Waals surface area contributed by atoms with Crippen LogP contribution in [0.15, 0.2) is 23.3 Å². The largest absolute Gasteiger partial charge is 0.357 e. The Balaban J connectivity index is 1.92. The minimum atomic E-state index is 0.650. The molecular formula is C21H38N6. The van der Waals surface area contributed by atoms with Crippen molar-refractivity contribution in [3.63, 3.8) is 0 Å². The van der Waals surface area contributed by atoms with E-state index < -0.39 is 0 Å². The molecule has 1 aliphatic rings. The van der Waals surface area contributed by atoms with Gasteiger partial charge in [0.15, 0.2) is 5.96 Å². The fourth-order valence-corrected chi connectivity index (χ4v) is 3.25. The second kappa shape index (κ2) is 11.8. The van der Waals surface area contributed by atoms with Crippen LogP contribution in [-0.4, -0.2) is 62.2 Å². The fraction of sp³-hybridized carbons (Fsp3) is 0.714. The lowest BCUT2D eigenvalue weighted by Crippen LogP contribution is -2.45. The van der Waals surface area contributed by atoms with Gasteiger partial charge in [0, 0.05) is 51.0 Å². The highest BCUT2D eigenvalue weighted by atomic mass is 15.3. The molecule has 2 rings (SSSR count). The first-order chi connectivity index (χ1) is 13.1. The van der Waals surface area contributed by atoms with E-state index in [1.807, 2.05) is 12.3 Å². The molecule has 0 aliphatic carbocycles. The van der Waals surface area contributed by atoms with E-state index in [0.29, 0.717) is 6.54 Å². The lowest BCUT2D eigenvalue weighted by molar-refractivity contribution is 0.312. The molecule has 1 aliphatic heterocycles. The number of hydrogen-bond acceptors (Lipinski definition) is 4. The number of hydrogen-bond donors (Lipinski definition) is 2. The molecule has 0 bridgehead atoms. The Morgan fingerprint density at radius 1 is 1.19 bits per heavy atom. The van der Waals surface area contributed by atoms with E-state index in [1.165, 1.54) is 24.8 Å². The Kier molecular flexibility index (Phi) is 9.39. The lowest BCUT2D eigenvalue weighted by atomic mass is 10.1. The summed E-state index contributed by atoms with van der Waals surface area (Å²) in [5, 5.41) is 6.82. The summed E-state index contributed by atoms with van der Waals surface area (Å²) in [5.74, 6) is 2.77. The quantitative estimate of drug-likeness (QED) is 0.395. The van der Waals surface area contributed by atoms with E-state index in [4.69, 9.17) is 4.99 Å². The van der Waals surface area contributed by atoms with Crippen LogP contribution in [-0.2, 0) is 6.54 Å². The summed E-state index contributed by atoms with van der Waals surface area (Å²) in [5.41, 5.74) is 1.19. The van der Waals surface area contributed by atoms with Gasteiger partial charge in [0.05, 0.1) is 6.54 Å². The highest BCUT2D eigenvalue weighted by Gasteiger charge is 2.17. The normalized spacial score (nSPS) is 16.0. The summed E-state index contributed by atoms with van der Waals surface area (Å²) < 4.78 is 0. The molecule has 152 valence electrons. The van der Waals surface area contributed by atoms with Gasteiger partial charge in [-0.3, -0.25) is 0 Å². The maximum atomic E-state index is 4.80. The Bertz CT molecular complexity index is 564. The predicted molar refractivity (Wildman–Crippen MR) is 115 cm³/mol. The van der Waals surface area contributed by atoms with E-state index in [1.54, 1.807) is 0 Å². The molecule has 2 heterocycles. The molecule has 1 saturated heterocycles. The number of anilines is 1. The van der Waals surface area contributed by atoms with E-state index >= 15 is 0 Å². The van der Waals surface area contributed by atoms with Crippen LogP contribution < -0.4 is 15.5 Å². The molecule has 0 radical (unpaired) electrons. The molecule has 1 fully saturated rings. The number of likely N-dealkylation sites (N-methyl/N-ethyl adjacent to an activating group) is 1. The van der Waals surface area contributed by atoms with Crippen LogP contribution in [0.1, 0.15) is 45.6 Å². The van der Waals surface area contributed by atoms with Crippen LogP contribution in [0.4, 0.5) is 5.82 Å². The Hall–Kier alpha value is -1.82. The lowest BCUT2D eigenvalue weighted by Gasteiger charge is -2.34. The molecule has 1 aromatic heterocycles. The molecule has 0 spiro atoms. The maximum Gasteiger partial charge on any atom is 0.191 e. The summed E-state index contributed by atoms with van der Waals surface area (Å²) >= 11 is 0. The fourth-order valence-electron chi connectivity index (χ4n) is 3.25. The van der Waals surface area contributed by atoms with Crippen molar-refractivity contribution < 1.29 is 0 Å². The van der Waals surface area contributed by atoms with E-state index in [9.17, 15) is 0 Å². The third-order valence-corrected chi connectivity index (χ3v) is 4.92. The second-order valence-corrected chi connectivity index (χ2v) is 7.79. The number of rotatable bonds is 9. The van der Waals surface area contributed by atoms with Crippen molar-refractivity contribution in [2.75, 3.05) is 51.2 Å². The van der Waals surface area contributed by atoms with Gasteiger partial charge in [0.2, 0.25) is 0 Å². The number of aliphatic imine (C=N–C) groups is 1. The summed E-state index contributed by atoms with van der Waals surface area (Å²) in [4.78, 5) is 14.2. The van der Waals surface area contributed by atoms with Crippen LogP contribution in [0.25, 0.3) is 0 Å². The Labute approximate surface area is 165 Å². The predicted octanol–water partition coefficient (Wildman–Crippen LogP) is 2.71. The number of pyridine rings is 1. The molecule has 6 heteroatoms. The van der Waals surface area contributed by atoms with Gasteiger partial charge in [0.1, 0.15) is 5.82 Å². The Morgan fingerprint density at radius 3 is 2.67 bits per heavy atom. The third kappa shape index (κ3) is 7.75. The van der Waals surface area contributed by atoms with Crippen LogP contribution in [0.3, 0.4) is 0 Å². The van der Waals surface area contributed by atoms with Crippen LogP contribution in [0.2, 0.25) is 0 Å². The van der Waals surface area contributed by atoms with Gasteiger partial charge in [-0.1, -0.05) is 32.8 Å². The molecule has 2 N–H and O–H groups in total. The van der Waals surface area contributed by atoms with Crippen molar-refractivity contribution in [3.05, 3.63) is 23.9 Å². The van der Waals surface area contributed by atoms with Crippen LogP contribution >= 0.6 is 0 Å². The molecular weight excluding hydrogens is 336 g/mol. The molecule has 0 amide bonds. The topological polar surface area (TPSA) is 55.8 Å². The van der Waals surface area contributed by atoms with Gasteiger partial charge in [-0.05, 0) is 32.4 Å². The average molecular weight is 375 g/mol. The monoisotopic (exact) mass is 374 g/mol. The standard InChI is InChI=1S/C21H38N6/c1-5-22-21(24-11-7-6-9-18(2)3)25-17-19-10-8-12-23-20(19)27-15-13-26(4)14-16-27/h8,10,12,18H,5-7,9,11,13-17H2,1-4H3,(H2,22,24,25). The van der Waals surface area contributed by atoms with Crippen molar-refractivity contribution in [1.29, 1.82) is 0 Å². The summed E-state index contributed by atoms with van der Waals surface area (Å²) in [6.45, 7) is 13.4. The van der Waals surface area contributed by atoms with Crippen molar-refractivity contribution in [3.8, 4) is 0 Å². The zero-order chi connectivity index (χ0) is 19.5. The molecule has 0 aromatic carbocycles. The van der Waals surface area contributed by atoms with Gasteiger partial charge in [-0.2, -0.15) is 0 Å². The number of nitrogens with zero attached hydrogens (tertiary/aromatic N) is 4. The molecule has 0 unspecified atom stereocenters. The average Bonchev–Trinajstić information content (AvgIpc) is 2.66. The van der Waals surface area contributed by atoms with Gasteiger partial charge in [-0.15, -0.1) is 0 Å². The van der Waals surface area contributed by atoms with E-state index in [-0.39, 0.29) is 0 Å². The van der Waals surface area contributed by atoms with Gasteiger partial charge >= 0.3 is 0 Å². The van der Waals surface area contributed by atoms with Crippen LogP contribution in [0.5, 0.6) is 0 Å². The van der Waals surface area contributed by atoms with Crippen molar-refractivity contribution in [1.82, 2.24) is 20.5 Å². The van der Waals surface area contributed by atoms with E-state index in [0.717, 1.165) is 57.0 Å². The number of guanidine groups is 1. The van der Waals surface area contributed by atoms with Crippen molar-refractivity contribution in [2.45, 2.75) is 46.6 Å². The zero-order valence-corrected chi connectivity index (χ0v) is 17.7. The minimum absolute atomic E-state index is 0.650. The first kappa shape index (κ1) is 21.5. The van der Waals surface area contributed by atoms with Gasteiger partial charge in [0.25, 0.3) is 0 Å². The Morgan fingerprint density at radius 2 is 1.96 bits per heavy atom. The number of unbranched alkanes of at least 4 members (excludes halogenated alkanes) is 1. The highest BCUT2D eigenvalue weighted by Crippen LogP contribution is 2.19. The SMILES string of the molecule is CCNC(=NCc1cccnc1N1CCN(C)CC1)NCCCCC(C)C. The maximum absolute atomic E-state index is 4.80. The summed E-state index contributed by atoms with van der Waals surface area (Å²) in [6, 6.07) is 4.16. The second-order valence-electron chi connectivity index (χ2n) is 7.79. The third-order valence-electron chi connectivity index (χ3n) is 4.92. The van der Waals surface area contributed by atoms with Crippen molar-refractivity contribution in [2.24, 2.45) is 10.9 Å². The van der Waals surface area contributed by atoms with Gasteiger partial charge in [-0.25, -0.2) is 9.98 Å². The smallest absolute Gasteiger partial charge is 0.191 e. The molecule has 0 atom stereocenters. The van der Waals surface area contributed by atoms with Crippen LogP contribution in [0, 0.1) is 5.92 Å². The summed E-state index contributed by atoms with van der Waals surface area (Å²) in [7, 11) is 2.18. The van der Waals surface area contributed by atoms with E-state index in [2.05, 4.69) is 59.3 Å². The first-order valence-electron chi connectivity index (χ1n) is 10.5. The molecule has 6 nitrogen and oxygen atoms in total. The zero-order valence-electron chi connectivity index (χ0n) is 17.7. The first-order valence-corrected chi connectivity index (χ1v) is 10.5. The molecule has 0 saturated carbocycles. The molecule has 1 aromatic rings.